The largest absolute Gasteiger partial charge is 0.326 e. The maximum atomic E-state index is 11.9. The fourth-order valence-corrected chi connectivity index (χ4v) is 2.80. The van der Waals surface area contributed by atoms with Crippen LogP contribution in [0.1, 0.15) is 24.5 Å². The van der Waals surface area contributed by atoms with Crippen molar-refractivity contribution in [2.24, 2.45) is 5.73 Å². The second-order valence-corrected chi connectivity index (χ2v) is 5.44. The summed E-state index contributed by atoms with van der Waals surface area (Å²) in [5.74, 6) is 0. The van der Waals surface area contributed by atoms with Crippen LogP contribution in [0, 0.1) is 6.92 Å². The van der Waals surface area contributed by atoms with Crippen LogP contribution < -0.4 is 10.5 Å². The zero-order valence-corrected chi connectivity index (χ0v) is 10.5. The van der Waals surface area contributed by atoms with Gasteiger partial charge in [-0.25, -0.2) is 13.1 Å². The Hall–Kier alpha value is -0.910. The lowest BCUT2D eigenvalue weighted by Crippen LogP contribution is -2.25. The Morgan fingerprint density at radius 3 is 2.62 bits per heavy atom. The van der Waals surface area contributed by atoms with Gasteiger partial charge in [0.15, 0.2) is 0 Å². The summed E-state index contributed by atoms with van der Waals surface area (Å²) < 4.78 is 26.4. The highest BCUT2D eigenvalue weighted by Gasteiger charge is 2.15. The summed E-state index contributed by atoms with van der Waals surface area (Å²) in [5, 5.41) is 0. The molecule has 90 valence electrons. The number of nitrogens with one attached hydrogen (secondary N) is 1. The summed E-state index contributed by atoms with van der Waals surface area (Å²) in [6, 6.07) is 5.25. The minimum Gasteiger partial charge on any atom is -0.326 e. The van der Waals surface area contributed by atoms with Gasteiger partial charge in [-0.3, -0.25) is 0 Å². The molecular weight excluding hydrogens is 224 g/mol. The predicted octanol–water partition coefficient (Wildman–Crippen LogP) is 1.14. The second-order valence-electron chi connectivity index (χ2n) is 3.70. The van der Waals surface area contributed by atoms with Crippen molar-refractivity contribution in [1.29, 1.82) is 0 Å². The second kappa shape index (κ2) is 5.43. The van der Waals surface area contributed by atoms with Gasteiger partial charge in [0.1, 0.15) is 0 Å². The van der Waals surface area contributed by atoms with Gasteiger partial charge in [0.05, 0.1) is 4.90 Å². The van der Waals surface area contributed by atoms with Gasteiger partial charge in [0.25, 0.3) is 0 Å². The van der Waals surface area contributed by atoms with E-state index in [1.807, 2.05) is 13.0 Å². The zero-order chi connectivity index (χ0) is 12.2. The van der Waals surface area contributed by atoms with Crippen molar-refractivity contribution in [1.82, 2.24) is 4.72 Å². The Bertz CT molecular complexity index is 455. The Kier molecular flexibility index (Phi) is 4.46. The molecule has 0 bridgehead atoms. The van der Waals surface area contributed by atoms with E-state index in [-0.39, 0.29) is 0 Å². The quantitative estimate of drug-likeness (QED) is 0.813. The number of hydrogen-bond donors (Lipinski definition) is 2. The molecule has 0 aromatic heterocycles. The first-order valence-electron chi connectivity index (χ1n) is 5.30. The van der Waals surface area contributed by atoms with E-state index in [2.05, 4.69) is 4.72 Å². The molecule has 0 heterocycles. The Labute approximate surface area is 96.9 Å². The van der Waals surface area contributed by atoms with Crippen molar-refractivity contribution in [2.45, 2.75) is 31.7 Å². The van der Waals surface area contributed by atoms with Crippen molar-refractivity contribution >= 4 is 10.0 Å². The number of sulfonamides is 1. The molecule has 0 amide bonds. The van der Waals surface area contributed by atoms with Gasteiger partial charge in [-0.15, -0.1) is 0 Å². The highest BCUT2D eigenvalue weighted by molar-refractivity contribution is 7.89. The molecule has 16 heavy (non-hydrogen) atoms. The molecule has 5 heteroatoms. The summed E-state index contributed by atoms with van der Waals surface area (Å²) in [6.07, 6.45) is 0.773. The number of aryl methyl sites for hydroxylation is 1. The average Bonchev–Trinajstić information content (AvgIpc) is 2.27. The van der Waals surface area contributed by atoms with Crippen molar-refractivity contribution < 1.29 is 8.42 Å². The van der Waals surface area contributed by atoms with E-state index in [4.69, 9.17) is 5.73 Å². The fourth-order valence-electron chi connectivity index (χ4n) is 1.38. The van der Waals surface area contributed by atoms with Gasteiger partial charge < -0.3 is 5.73 Å². The van der Waals surface area contributed by atoms with Gasteiger partial charge >= 0.3 is 0 Å². The summed E-state index contributed by atoms with van der Waals surface area (Å²) >= 11 is 0. The van der Waals surface area contributed by atoms with Gasteiger partial charge in [-0.2, -0.15) is 0 Å². The minimum atomic E-state index is -3.39. The van der Waals surface area contributed by atoms with E-state index >= 15 is 0 Å². The monoisotopic (exact) mass is 242 g/mol. The average molecular weight is 242 g/mol. The van der Waals surface area contributed by atoms with Crippen LogP contribution in [-0.2, 0) is 16.6 Å². The van der Waals surface area contributed by atoms with E-state index in [0.29, 0.717) is 18.0 Å². The lowest BCUT2D eigenvalue weighted by Gasteiger charge is -2.09. The van der Waals surface area contributed by atoms with Gasteiger partial charge in [0.2, 0.25) is 10.0 Å². The molecule has 1 aromatic carbocycles. The van der Waals surface area contributed by atoms with Crippen LogP contribution in [0.25, 0.3) is 0 Å². The predicted molar refractivity (Wildman–Crippen MR) is 64.5 cm³/mol. The molecule has 0 aliphatic rings. The van der Waals surface area contributed by atoms with Crippen LogP contribution in [-0.4, -0.2) is 15.0 Å². The molecule has 0 unspecified atom stereocenters. The van der Waals surface area contributed by atoms with Crippen LogP contribution in [0.2, 0.25) is 0 Å². The molecule has 1 aromatic rings. The highest BCUT2D eigenvalue weighted by Crippen LogP contribution is 2.16. The van der Waals surface area contributed by atoms with Crippen molar-refractivity contribution in [3.8, 4) is 0 Å². The molecule has 0 saturated carbocycles. The van der Waals surface area contributed by atoms with Gasteiger partial charge in [-0.1, -0.05) is 19.1 Å². The third kappa shape index (κ3) is 3.04. The Morgan fingerprint density at radius 1 is 1.38 bits per heavy atom. The van der Waals surface area contributed by atoms with Crippen LogP contribution >= 0.6 is 0 Å². The Morgan fingerprint density at radius 2 is 2.06 bits per heavy atom. The van der Waals surface area contributed by atoms with Gasteiger partial charge in [-0.05, 0) is 30.5 Å². The molecule has 0 spiro atoms. The molecule has 0 aliphatic carbocycles. The SMILES string of the molecule is CCCNS(=O)(=O)c1cc(CN)ccc1C. The van der Waals surface area contributed by atoms with Gasteiger partial charge in [0, 0.05) is 13.1 Å². The molecule has 3 N–H and O–H groups in total. The lowest BCUT2D eigenvalue weighted by atomic mass is 10.1. The molecule has 1 rings (SSSR count). The molecule has 4 nitrogen and oxygen atoms in total. The van der Waals surface area contributed by atoms with E-state index < -0.39 is 10.0 Å². The normalized spacial score (nSPS) is 11.7. The van der Waals surface area contributed by atoms with Crippen molar-refractivity contribution in [3.63, 3.8) is 0 Å². The first kappa shape index (κ1) is 13.2. The number of benzene rings is 1. The first-order chi connectivity index (χ1) is 7.51. The van der Waals surface area contributed by atoms with E-state index in [1.165, 1.54) is 0 Å². The number of rotatable bonds is 5. The molecule has 0 fully saturated rings. The fraction of sp³-hybridized carbons (Fsp3) is 0.455. The zero-order valence-electron chi connectivity index (χ0n) is 9.66. The third-order valence-corrected chi connectivity index (χ3v) is 3.92. The van der Waals surface area contributed by atoms with Crippen LogP contribution in [0.3, 0.4) is 0 Å². The molecule has 0 aliphatic heterocycles. The summed E-state index contributed by atoms with van der Waals surface area (Å²) in [5.41, 5.74) is 7.06. The maximum absolute atomic E-state index is 11.9. The van der Waals surface area contributed by atoms with Crippen molar-refractivity contribution in [3.05, 3.63) is 29.3 Å². The van der Waals surface area contributed by atoms with Crippen LogP contribution in [0.4, 0.5) is 0 Å². The smallest absolute Gasteiger partial charge is 0.240 e. The Balaban J connectivity index is 3.11. The van der Waals surface area contributed by atoms with Crippen molar-refractivity contribution in [2.75, 3.05) is 6.54 Å². The summed E-state index contributed by atoms with van der Waals surface area (Å²) in [7, 11) is -3.39. The van der Waals surface area contributed by atoms with Crippen LogP contribution in [0.15, 0.2) is 23.1 Å². The standard InChI is InChI=1S/C11H18N2O2S/c1-3-6-13-16(14,15)11-7-10(8-12)5-4-9(11)2/h4-5,7,13H,3,6,8,12H2,1-2H3. The summed E-state index contributed by atoms with van der Waals surface area (Å²) in [4.78, 5) is 0.323. The third-order valence-electron chi connectivity index (χ3n) is 2.32. The number of nitrogens with two attached hydrogens (primary N) is 1. The highest BCUT2D eigenvalue weighted by atomic mass is 32.2. The summed E-state index contributed by atoms with van der Waals surface area (Å²) in [6.45, 7) is 4.50. The number of hydrogen-bond acceptors (Lipinski definition) is 3. The first-order valence-corrected chi connectivity index (χ1v) is 6.79. The molecule has 0 atom stereocenters. The molecular formula is C11H18N2O2S. The minimum absolute atomic E-state index is 0.323. The van der Waals surface area contributed by atoms with Crippen LogP contribution in [0.5, 0.6) is 0 Å². The molecule has 0 saturated heterocycles. The molecule has 0 radical (unpaired) electrons. The topological polar surface area (TPSA) is 72.2 Å². The van der Waals surface area contributed by atoms with E-state index in [1.54, 1.807) is 19.1 Å². The lowest BCUT2D eigenvalue weighted by molar-refractivity contribution is 0.580. The van der Waals surface area contributed by atoms with E-state index in [9.17, 15) is 8.42 Å². The maximum Gasteiger partial charge on any atom is 0.240 e. The van der Waals surface area contributed by atoms with E-state index in [0.717, 1.165) is 17.5 Å².